The first-order chi connectivity index (χ1) is 8.93. The summed E-state index contributed by atoms with van der Waals surface area (Å²) in [5.74, 6) is 0.972. The van der Waals surface area contributed by atoms with E-state index in [9.17, 15) is 0 Å². The number of nitrogens with zero attached hydrogens (tertiary/aromatic N) is 1. The molecule has 0 saturated heterocycles. The van der Waals surface area contributed by atoms with Gasteiger partial charge in [-0.3, -0.25) is 0 Å². The molecule has 19 heavy (non-hydrogen) atoms. The summed E-state index contributed by atoms with van der Waals surface area (Å²) in [6.07, 6.45) is 3.22. The number of hydrogen-bond donors (Lipinski definition) is 0. The minimum absolute atomic E-state index is 0.196. The molecule has 0 bridgehead atoms. The Hall–Kier alpha value is -0.710. The van der Waals surface area contributed by atoms with Crippen molar-refractivity contribution in [1.82, 2.24) is 4.57 Å². The van der Waals surface area contributed by atoms with Crippen LogP contribution in [-0.2, 0) is 6.42 Å². The van der Waals surface area contributed by atoms with E-state index in [-0.39, 0.29) is 6.10 Å². The van der Waals surface area contributed by atoms with Crippen molar-refractivity contribution in [2.75, 3.05) is 0 Å². The second kappa shape index (κ2) is 5.73. The van der Waals surface area contributed by atoms with E-state index in [1.54, 1.807) is 0 Å². The summed E-state index contributed by atoms with van der Waals surface area (Å²) in [4.78, 5) is 0. The number of hydrogen-bond acceptors (Lipinski definition) is 1. The maximum atomic E-state index is 5.89. The third-order valence-corrected chi connectivity index (χ3v) is 4.00. The van der Waals surface area contributed by atoms with Crippen molar-refractivity contribution in [3.63, 3.8) is 0 Å². The highest BCUT2D eigenvalue weighted by atomic mass is 127. The first kappa shape index (κ1) is 14.7. The van der Waals surface area contributed by atoms with E-state index in [0.717, 1.165) is 15.7 Å². The molecular formula is C16H21INO. The number of fused-ring (bicyclic) bond motifs is 1. The predicted octanol–water partition coefficient (Wildman–Crippen LogP) is 4.99. The van der Waals surface area contributed by atoms with E-state index < -0.39 is 0 Å². The zero-order valence-corrected chi connectivity index (χ0v) is 14.2. The summed E-state index contributed by atoms with van der Waals surface area (Å²) in [5.41, 5.74) is 2.56. The summed E-state index contributed by atoms with van der Waals surface area (Å²) >= 11 is 2.35. The molecule has 0 saturated carbocycles. The molecule has 0 fully saturated rings. The minimum atomic E-state index is 0.196. The Morgan fingerprint density at radius 3 is 2.47 bits per heavy atom. The number of halogens is 1. The lowest BCUT2D eigenvalue weighted by atomic mass is 10.1. The Bertz CT molecular complexity index is 584. The van der Waals surface area contributed by atoms with Gasteiger partial charge >= 0.3 is 0 Å². The normalized spacial score (nSPS) is 11.8. The molecule has 2 rings (SSSR count). The molecule has 0 N–H and O–H groups in total. The minimum Gasteiger partial charge on any atom is -0.490 e. The number of ether oxygens (including phenoxy) is 1. The molecule has 3 heteroatoms. The molecule has 1 radical (unpaired) electrons. The van der Waals surface area contributed by atoms with Gasteiger partial charge in [0.05, 0.1) is 9.67 Å². The van der Waals surface area contributed by atoms with E-state index in [4.69, 9.17) is 4.74 Å². The van der Waals surface area contributed by atoms with Crippen molar-refractivity contribution >= 4 is 33.5 Å². The van der Waals surface area contributed by atoms with E-state index in [0.29, 0.717) is 6.04 Å². The van der Waals surface area contributed by atoms with Crippen molar-refractivity contribution in [2.24, 2.45) is 0 Å². The van der Waals surface area contributed by atoms with Gasteiger partial charge in [0.25, 0.3) is 0 Å². The Morgan fingerprint density at radius 2 is 1.95 bits per heavy atom. The smallest absolute Gasteiger partial charge is 0.133 e. The first-order valence-corrected chi connectivity index (χ1v) is 7.80. The third kappa shape index (κ3) is 2.91. The van der Waals surface area contributed by atoms with Crippen molar-refractivity contribution in [3.8, 4) is 5.75 Å². The van der Waals surface area contributed by atoms with Gasteiger partial charge < -0.3 is 9.30 Å². The molecule has 0 aliphatic heterocycles. The van der Waals surface area contributed by atoms with Crippen LogP contribution in [0.15, 0.2) is 18.3 Å². The van der Waals surface area contributed by atoms with Crippen molar-refractivity contribution in [1.29, 1.82) is 0 Å². The average Bonchev–Trinajstić information content (AvgIpc) is 2.67. The molecule has 0 amide bonds. The van der Waals surface area contributed by atoms with Crippen LogP contribution in [0.25, 0.3) is 10.9 Å². The van der Waals surface area contributed by atoms with Gasteiger partial charge in [0.15, 0.2) is 0 Å². The van der Waals surface area contributed by atoms with Gasteiger partial charge in [-0.2, -0.15) is 0 Å². The second-order valence-corrected chi connectivity index (χ2v) is 6.53. The van der Waals surface area contributed by atoms with Crippen LogP contribution in [0.3, 0.4) is 0 Å². The quantitative estimate of drug-likeness (QED) is 0.692. The van der Waals surface area contributed by atoms with Gasteiger partial charge in [-0.1, -0.05) is 0 Å². The van der Waals surface area contributed by atoms with E-state index in [1.807, 2.05) is 0 Å². The molecule has 1 aromatic heterocycles. The molecule has 0 unspecified atom stereocenters. The molecule has 2 nitrogen and oxygen atoms in total. The molecule has 0 atom stereocenters. The van der Waals surface area contributed by atoms with Gasteiger partial charge in [-0.15, -0.1) is 0 Å². The SMILES string of the molecule is [CH2]Cc1cn(C(C)C)c2cc(I)c(OC(C)C)cc12. The lowest BCUT2D eigenvalue weighted by molar-refractivity contribution is 0.241. The van der Waals surface area contributed by atoms with Crippen LogP contribution in [-0.4, -0.2) is 10.7 Å². The molecule has 0 aliphatic rings. The van der Waals surface area contributed by atoms with Crippen molar-refractivity contribution in [2.45, 2.75) is 46.3 Å². The summed E-state index contributed by atoms with van der Waals surface area (Å²) in [5, 5.41) is 1.26. The summed E-state index contributed by atoms with van der Waals surface area (Å²) < 4.78 is 9.36. The van der Waals surface area contributed by atoms with E-state index in [2.05, 4.69) is 80.1 Å². The van der Waals surface area contributed by atoms with E-state index >= 15 is 0 Å². The van der Waals surface area contributed by atoms with E-state index in [1.165, 1.54) is 16.5 Å². The highest BCUT2D eigenvalue weighted by molar-refractivity contribution is 14.1. The topological polar surface area (TPSA) is 14.2 Å². The van der Waals surface area contributed by atoms with Gasteiger partial charge in [0.1, 0.15) is 5.75 Å². The van der Waals surface area contributed by atoms with Crippen molar-refractivity contribution < 1.29 is 4.74 Å². The molecule has 103 valence electrons. The van der Waals surface area contributed by atoms with Crippen LogP contribution in [0.5, 0.6) is 5.75 Å². The lowest BCUT2D eigenvalue weighted by Gasteiger charge is -2.14. The summed E-state index contributed by atoms with van der Waals surface area (Å²) in [7, 11) is 0. The molecular weight excluding hydrogens is 349 g/mol. The van der Waals surface area contributed by atoms with Crippen LogP contribution in [0.1, 0.15) is 39.3 Å². The molecule has 1 aromatic carbocycles. The largest absolute Gasteiger partial charge is 0.490 e. The van der Waals surface area contributed by atoms with Crippen molar-refractivity contribution in [3.05, 3.63) is 34.4 Å². The Morgan fingerprint density at radius 1 is 1.26 bits per heavy atom. The third-order valence-electron chi connectivity index (χ3n) is 3.16. The first-order valence-electron chi connectivity index (χ1n) is 6.73. The second-order valence-electron chi connectivity index (χ2n) is 5.37. The van der Waals surface area contributed by atoms with Gasteiger partial charge in [-0.25, -0.2) is 0 Å². The number of aromatic nitrogens is 1. The molecule has 0 aliphatic carbocycles. The van der Waals surface area contributed by atoms with Gasteiger partial charge in [0.2, 0.25) is 0 Å². The summed E-state index contributed by atoms with van der Waals surface area (Å²) in [6.45, 7) is 12.6. The predicted molar refractivity (Wildman–Crippen MR) is 89.9 cm³/mol. The Labute approximate surface area is 129 Å². The monoisotopic (exact) mass is 370 g/mol. The zero-order valence-electron chi connectivity index (χ0n) is 12.0. The fraction of sp³-hybridized carbons (Fsp3) is 0.438. The fourth-order valence-corrected chi connectivity index (χ4v) is 2.87. The number of rotatable bonds is 4. The van der Waals surface area contributed by atoms with Crippen LogP contribution in [0, 0.1) is 10.5 Å². The maximum Gasteiger partial charge on any atom is 0.133 e. The lowest BCUT2D eigenvalue weighted by Crippen LogP contribution is -2.07. The van der Waals surface area contributed by atoms with Crippen LogP contribution >= 0.6 is 22.6 Å². The fourth-order valence-electron chi connectivity index (χ4n) is 2.29. The highest BCUT2D eigenvalue weighted by Crippen LogP contribution is 2.33. The Balaban J connectivity index is 2.64. The molecule has 2 aromatic rings. The van der Waals surface area contributed by atoms with Gasteiger partial charge in [0, 0.05) is 23.1 Å². The van der Waals surface area contributed by atoms with Crippen LogP contribution in [0.4, 0.5) is 0 Å². The molecule has 1 heterocycles. The Kier molecular flexibility index (Phi) is 4.43. The maximum absolute atomic E-state index is 5.89. The highest BCUT2D eigenvalue weighted by Gasteiger charge is 2.13. The molecule has 0 spiro atoms. The number of benzene rings is 1. The van der Waals surface area contributed by atoms with Gasteiger partial charge in [-0.05, 0) is 81.3 Å². The average molecular weight is 370 g/mol. The zero-order chi connectivity index (χ0) is 14.2. The summed E-state index contributed by atoms with van der Waals surface area (Å²) in [6, 6.07) is 4.83. The van der Waals surface area contributed by atoms with Crippen LogP contribution < -0.4 is 4.74 Å². The van der Waals surface area contributed by atoms with Crippen LogP contribution in [0.2, 0.25) is 0 Å². The standard InChI is InChI=1S/C16H21INO/c1-6-12-9-18(10(2)3)15-8-14(17)16(7-13(12)15)19-11(4)5/h7-11H,1,6H2,2-5H3.